The molecular weight excluding hydrogens is 455 g/mol. The van der Waals surface area contributed by atoms with Gasteiger partial charge in [-0.25, -0.2) is 4.39 Å². The molecule has 0 bridgehead atoms. The van der Waals surface area contributed by atoms with E-state index in [1.54, 1.807) is 6.07 Å². The van der Waals surface area contributed by atoms with Crippen molar-refractivity contribution in [2.45, 2.75) is 45.1 Å². The molecule has 1 aliphatic heterocycles. The fourth-order valence-corrected chi connectivity index (χ4v) is 4.78. The average Bonchev–Trinajstić information content (AvgIpc) is 3.72. The molecule has 1 aromatic heterocycles. The molecule has 36 heavy (non-hydrogen) atoms. The van der Waals surface area contributed by atoms with Gasteiger partial charge in [0.25, 0.3) is 5.88 Å². The maximum atomic E-state index is 15.3. The monoisotopic (exact) mass is 482 g/mol. The zero-order chi connectivity index (χ0) is 24.6. The zero-order valence-corrected chi connectivity index (χ0v) is 20.3. The van der Waals surface area contributed by atoms with Gasteiger partial charge in [0.1, 0.15) is 6.61 Å². The normalized spacial score (nSPS) is 17.3. The van der Waals surface area contributed by atoms with Gasteiger partial charge in [0, 0.05) is 5.39 Å². The summed E-state index contributed by atoms with van der Waals surface area (Å²) in [5.41, 5.74) is 5.70. The molecule has 1 fully saturated rings. The minimum atomic E-state index is -0.344. The van der Waals surface area contributed by atoms with Gasteiger partial charge in [-0.1, -0.05) is 59.3 Å². The number of benzene rings is 3. The third-order valence-corrected chi connectivity index (χ3v) is 6.83. The van der Waals surface area contributed by atoms with Crippen LogP contribution in [0.4, 0.5) is 4.39 Å². The lowest BCUT2D eigenvalue weighted by Crippen LogP contribution is -2.43. The number of hydrogen-bond donors (Lipinski definition) is 1. The highest BCUT2D eigenvalue weighted by molar-refractivity contribution is 6.10. The Labute approximate surface area is 209 Å². The van der Waals surface area contributed by atoms with Gasteiger partial charge in [-0.15, -0.1) is 10.2 Å². The molecule has 1 N–H and O–H groups in total. The number of nitrogens with zero attached hydrogens (tertiary/aromatic N) is 3. The summed E-state index contributed by atoms with van der Waals surface area (Å²) >= 11 is 0. The fraction of sp³-hybridized carbons (Fsp3) is 0.276. The van der Waals surface area contributed by atoms with E-state index in [1.807, 2.05) is 36.4 Å². The van der Waals surface area contributed by atoms with Crippen LogP contribution in [0.15, 0.2) is 65.8 Å². The first-order chi connectivity index (χ1) is 17.6. The Morgan fingerprint density at radius 2 is 1.89 bits per heavy atom. The summed E-state index contributed by atoms with van der Waals surface area (Å²) < 4.78 is 21.3. The third-order valence-electron chi connectivity index (χ3n) is 6.83. The van der Waals surface area contributed by atoms with E-state index in [-0.39, 0.29) is 29.4 Å². The average molecular weight is 483 g/mol. The summed E-state index contributed by atoms with van der Waals surface area (Å²) in [6, 6.07) is 19.4. The first-order valence-corrected chi connectivity index (χ1v) is 12.3. The first kappa shape index (κ1) is 22.5. The summed E-state index contributed by atoms with van der Waals surface area (Å²) in [6.45, 7) is 4.65. The highest BCUT2D eigenvalue weighted by Crippen LogP contribution is 2.43. The quantitative estimate of drug-likeness (QED) is 0.368. The van der Waals surface area contributed by atoms with Crippen molar-refractivity contribution in [1.29, 1.82) is 0 Å². The topological polar surface area (TPSA) is 68.6 Å². The number of nitrogens with one attached hydrogen (secondary N) is 1. The van der Waals surface area contributed by atoms with E-state index in [0.29, 0.717) is 29.1 Å². The standard InChI is InChI=1S/C29H27FN4O2/c1-17-10-11-20(18(2)14-17)15-21-16-35-34-28(31-21)26-23-6-3-4-8-24(23)32-33-29(26)36-25-9-5-7-22(27(25)30)19-12-13-19/h3-11,14,19,21H,12-13,15-16H2,1-2H3,(H,31,34)/t21-/m1/s1. The van der Waals surface area contributed by atoms with Gasteiger partial charge < -0.3 is 14.9 Å². The minimum Gasteiger partial charge on any atom is -0.434 e. The number of ether oxygens (including phenoxy) is 1. The summed E-state index contributed by atoms with van der Waals surface area (Å²) in [6.07, 6.45) is 2.78. The van der Waals surface area contributed by atoms with Crippen LogP contribution in [-0.2, 0) is 11.3 Å². The van der Waals surface area contributed by atoms with Gasteiger partial charge >= 0.3 is 0 Å². The molecule has 1 atom stereocenters. The Morgan fingerprint density at radius 1 is 1.03 bits per heavy atom. The molecule has 0 amide bonds. The van der Waals surface area contributed by atoms with E-state index in [4.69, 9.17) is 9.57 Å². The van der Waals surface area contributed by atoms with Crippen molar-refractivity contribution in [3.63, 3.8) is 0 Å². The van der Waals surface area contributed by atoms with E-state index < -0.39 is 0 Å². The number of hydrogen-bond acceptors (Lipinski definition) is 6. The van der Waals surface area contributed by atoms with Crippen LogP contribution in [0, 0.1) is 19.7 Å². The van der Waals surface area contributed by atoms with Crippen molar-refractivity contribution in [2.75, 3.05) is 6.61 Å². The van der Waals surface area contributed by atoms with E-state index >= 15 is 4.39 Å². The lowest BCUT2D eigenvalue weighted by Gasteiger charge is -2.26. The van der Waals surface area contributed by atoms with Crippen molar-refractivity contribution >= 4 is 16.7 Å². The summed E-state index contributed by atoms with van der Waals surface area (Å²) in [5.74, 6) is 0.732. The molecule has 2 heterocycles. The number of aromatic nitrogens is 2. The largest absolute Gasteiger partial charge is 0.434 e. The molecule has 182 valence electrons. The highest BCUT2D eigenvalue weighted by atomic mass is 19.1. The van der Waals surface area contributed by atoms with Crippen molar-refractivity contribution < 1.29 is 14.0 Å². The van der Waals surface area contributed by atoms with E-state index in [0.717, 1.165) is 24.6 Å². The molecule has 0 saturated heterocycles. The summed E-state index contributed by atoms with van der Waals surface area (Å²) in [4.78, 5) is 5.67. The Kier molecular flexibility index (Phi) is 5.76. The van der Waals surface area contributed by atoms with Crippen molar-refractivity contribution in [3.8, 4) is 11.6 Å². The minimum absolute atomic E-state index is 0.00591. The van der Waals surface area contributed by atoms with Crippen molar-refractivity contribution in [2.24, 2.45) is 5.16 Å². The molecule has 0 spiro atoms. The lowest BCUT2D eigenvalue weighted by molar-refractivity contribution is 0.109. The van der Waals surface area contributed by atoms with Gasteiger partial charge in [0.15, 0.2) is 17.4 Å². The molecule has 1 aliphatic carbocycles. The Hall–Kier alpha value is -4.00. The number of halogens is 1. The molecule has 6 rings (SSSR count). The van der Waals surface area contributed by atoms with Gasteiger partial charge in [-0.05, 0) is 67.9 Å². The van der Waals surface area contributed by atoms with Crippen LogP contribution in [0.25, 0.3) is 10.9 Å². The van der Waals surface area contributed by atoms with E-state index in [2.05, 4.69) is 52.7 Å². The predicted octanol–water partition coefficient (Wildman–Crippen LogP) is 5.95. The lowest BCUT2D eigenvalue weighted by atomic mass is 9.99. The molecule has 6 nitrogen and oxygen atoms in total. The van der Waals surface area contributed by atoms with Gasteiger partial charge in [-0.2, -0.15) is 0 Å². The number of rotatable bonds is 6. The van der Waals surface area contributed by atoms with E-state index in [9.17, 15) is 0 Å². The second kappa shape index (κ2) is 9.22. The fourth-order valence-electron chi connectivity index (χ4n) is 4.78. The third kappa shape index (κ3) is 4.37. The van der Waals surface area contributed by atoms with Gasteiger partial charge in [0.2, 0.25) is 0 Å². The van der Waals surface area contributed by atoms with E-state index in [1.165, 1.54) is 16.7 Å². The number of oxime groups is 1. The van der Waals surface area contributed by atoms with Crippen LogP contribution in [0.2, 0.25) is 0 Å². The predicted molar refractivity (Wildman–Crippen MR) is 137 cm³/mol. The van der Waals surface area contributed by atoms with Crippen LogP contribution in [0.1, 0.15) is 46.6 Å². The zero-order valence-electron chi connectivity index (χ0n) is 20.3. The van der Waals surface area contributed by atoms with Gasteiger partial charge in [-0.3, -0.25) is 0 Å². The number of aryl methyl sites for hydroxylation is 2. The smallest absolute Gasteiger partial charge is 0.250 e. The molecule has 0 unspecified atom stereocenters. The van der Waals surface area contributed by atoms with Crippen LogP contribution in [0.3, 0.4) is 0 Å². The van der Waals surface area contributed by atoms with Gasteiger partial charge in [0.05, 0.1) is 17.1 Å². The second-order valence-corrected chi connectivity index (χ2v) is 9.64. The van der Waals surface area contributed by atoms with Crippen LogP contribution in [0.5, 0.6) is 11.6 Å². The Morgan fingerprint density at radius 3 is 2.72 bits per heavy atom. The molecule has 1 saturated carbocycles. The Balaban J connectivity index is 1.36. The highest BCUT2D eigenvalue weighted by Gasteiger charge is 2.29. The molecule has 4 aromatic rings. The van der Waals surface area contributed by atoms with Crippen molar-refractivity contribution in [3.05, 3.63) is 94.3 Å². The van der Waals surface area contributed by atoms with Crippen LogP contribution in [-0.4, -0.2) is 28.7 Å². The van der Waals surface area contributed by atoms with Crippen LogP contribution < -0.4 is 10.1 Å². The maximum Gasteiger partial charge on any atom is 0.250 e. The summed E-state index contributed by atoms with van der Waals surface area (Å²) in [7, 11) is 0. The molecule has 3 aromatic carbocycles. The second-order valence-electron chi connectivity index (χ2n) is 9.64. The molecule has 0 radical (unpaired) electrons. The van der Waals surface area contributed by atoms with Crippen LogP contribution >= 0.6 is 0 Å². The first-order valence-electron chi connectivity index (χ1n) is 12.3. The molecule has 2 aliphatic rings. The molecular formula is C29H27FN4O2. The van der Waals surface area contributed by atoms with Crippen molar-refractivity contribution in [1.82, 2.24) is 15.5 Å². The molecule has 7 heteroatoms. The maximum absolute atomic E-state index is 15.3. The summed E-state index contributed by atoms with van der Waals surface area (Å²) in [5, 5.41) is 17.3. The number of amidine groups is 1. The Bertz CT molecular complexity index is 1480. The number of fused-ring (bicyclic) bond motifs is 1. The SMILES string of the molecule is Cc1ccc(C[C@@H]2CON=C(c3c(Oc4cccc(C5CC5)c4F)nnc4ccccc34)N2)c(C)c1.